The number of carbonyl (C=O) groups excluding carboxylic acids is 2. The van der Waals surface area contributed by atoms with Crippen molar-refractivity contribution in [3.05, 3.63) is 22.7 Å². The van der Waals surface area contributed by atoms with Crippen LogP contribution in [-0.2, 0) is 19.1 Å². The van der Waals surface area contributed by atoms with Gasteiger partial charge in [-0.25, -0.2) is 9.18 Å². The summed E-state index contributed by atoms with van der Waals surface area (Å²) < 4.78 is 25.4. The Labute approximate surface area is 154 Å². The van der Waals surface area contributed by atoms with Gasteiger partial charge in [-0.15, -0.1) is 0 Å². The molecule has 1 fully saturated rings. The van der Waals surface area contributed by atoms with Crippen LogP contribution in [0.3, 0.4) is 0 Å². The van der Waals surface area contributed by atoms with Crippen LogP contribution < -0.4 is 16.3 Å². The number of halogens is 1. The Hall–Kier alpha value is -2.37. The Balaban J connectivity index is 1.96. The first kappa shape index (κ1) is 20.9. The Bertz CT molecular complexity index is 727. The number of aliphatic hydroxyl groups is 1. The number of amides is 1. The zero-order valence-electron chi connectivity index (χ0n) is 15.1. The number of hydrogen-bond acceptors (Lipinski definition) is 8. The van der Waals surface area contributed by atoms with Crippen LogP contribution in [0, 0.1) is 5.92 Å². The molecule has 1 aliphatic rings. The Kier molecular flexibility index (Phi) is 7.39. The largest absolute Gasteiger partial charge is 0.456 e. The van der Waals surface area contributed by atoms with E-state index in [0.29, 0.717) is 6.54 Å². The maximum atomic E-state index is 14.3. The lowest BCUT2D eigenvalue weighted by Crippen LogP contribution is -2.32. The minimum absolute atomic E-state index is 0.0623. The summed E-state index contributed by atoms with van der Waals surface area (Å²) in [4.78, 5) is 38.9. The summed E-state index contributed by atoms with van der Waals surface area (Å²) in [6.07, 6.45) is -2.03. The van der Waals surface area contributed by atoms with E-state index in [4.69, 9.17) is 9.47 Å². The maximum Gasteiger partial charge on any atom is 0.351 e. The SMILES string of the molecule is CNCCC(=O)OCC(=O)Nc1ccn([C@@H]2O[C@H](CO)C(C)[C@@H]2F)c(=O)n1. The second-order valence-electron chi connectivity index (χ2n) is 6.12. The van der Waals surface area contributed by atoms with E-state index in [1.54, 1.807) is 14.0 Å². The fourth-order valence-electron chi connectivity index (χ4n) is 2.57. The van der Waals surface area contributed by atoms with Crippen LogP contribution in [0.2, 0.25) is 0 Å². The van der Waals surface area contributed by atoms with E-state index in [2.05, 4.69) is 15.6 Å². The molecule has 10 nitrogen and oxygen atoms in total. The van der Waals surface area contributed by atoms with Crippen molar-refractivity contribution < 1.29 is 28.6 Å². The van der Waals surface area contributed by atoms with Crippen LogP contribution in [-0.4, -0.2) is 65.6 Å². The number of hydrogen-bond donors (Lipinski definition) is 3. The smallest absolute Gasteiger partial charge is 0.351 e. The number of carbonyl (C=O) groups is 2. The van der Waals surface area contributed by atoms with E-state index in [1.165, 1.54) is 12.3 Å². The number of esters is 1. The predicted molar refractivity (Wildman–Crippen MR) is 91.7 cm³/mol. The predicted octanol–water partition coefficient (Wildman–Crippen LogP) is -0.802. The van der Waals surface area contributed by atoms with E-state index in [9.17, 15) is 23.9 Å². The van der Waals surface area contributed by atoms with Gasteiger partial charge in [-0.1, -0.05) is 6.92 Å². The van der Waals surface area contributed by atoms with Gasteiger partial charge in [0.05, 0.1) is 19.1 Å². The van der Waals surface area contributed by atoms with Crippen LogP contribution in [0.4, 0.5) is 10.2 Å². The Morgan fingerprint density at radius 2 is 2.22 bits per heavy atom. The summed E-state index contributed by atoms with van der Waals surface area (Å²) in [5.74, 6) is -1.84. The van der Waals surface area contributed by atoms with E-state index < -0.39 is 48.6 Å². The Morgan fingerprint density at radius 3 is 2.81 bits per heavy atom. The zero-order valence-corrected chi connectivity index (χ0v) is 15.1. The number of aromatic nitrogens is 2. The van der Waals surface area contributed by atoms with Gasteiger partial charge in [0, 0.05) is 18.7 Å². The molecule has 0 bridgehead atoms. The minimum atomic E-state index is -1.49. The van der Waals surface area contributed by atoms with E-state index >= 15 is 0 Å². The molecule has 150 valence electrons. The summed E-state index contributed by atoms with van der Waals surface area (Å²) in [5.41, 5.74) is -0.822. The van der Waals surface area contributed by atoms with Crippen LogP contribution in [0.1, 0.15) is 19.6 Å². The first-order valence-corrected chi connectivity index (χ1v) is 8.47. The van der Waals surface area contributed by atoms with Crippen molar-refractivity contribution in [2.45, 2.75) is 31.8 Å². The standard InChI is InChI=1S/C16H23FN4O6/c1-9-10(7-22)27-15(14(9)17)21-6-4-11(20-16(21)25)19-12(23)8-26-13(24)3-5-18-2/h4,6,9-10,14-15,18,22H,3,5,7-8H2,1-2H3,(H,19,20,23,25)/t9?,10-,14+,15-/m1/s1. The summed E-state index contributed by atoms with van der Waals surface area (Å²) in [7, 11) is 1.68. The molecule has 2 heterocycles. The van der Waals surface area contributed by atoms with Gasteiger partial charge in [-0.05, 0) is 13.1 Å². The van der Waals surface area contributed by atoms with Gasteiger partial charge in [0.1, 0.15) is 5.82 Å². The second kappa shape index (κ2) is 9.53. The van der Waals surface area contributed by atoms with Crippen molar-refractivity contribution in [3.8, 4) is 0 Å². The van der Waals surface area contributed by atoms with Gasteiger partial charge < -0.3 is 25.2 Å². The molecule has 1 aromatic heterocycles. The van der Waals surface area contributed by atoms with Crippen molar-refractivity contribution in [1.29, 1.82) is 0 Å². The molecule has 1 unspecified atom stereocenters. The molecule has 1 amide bonds. The molecule has 0 radical (unpaired) electrons. The quantitative estimate of drug-likeness (QED) is 0.495. The van der Waals surface area contributed by atoms with Crippen molar-refractivity contribution in [3.63, 3.8) is 0 Å². The molecule has 0 aromatic carbocycles. The lowest BCUT2D eigenvalue weighted by molar-refractivity contribution is -0.147. The highest BCUT2D eigenvalue weighted by Crippen LogP contribution is 2.35. The normalized spacial score (nSPS) is 24.6. The third kappa shape index (κ3) is 5.31. The molecule has 0 spiro atoms. The molecule has 1 aliphatic heterocycles. The fourth-order valence-corrected chi connectivity index (χ4v) is 2.57. The molecule has 1 aromatic rings. The number of aliphatic hydroxyl groups excluding tert-OH is 1. The average Bonchev–Trinajstić information content (AvgIpc) is 2.93. The van der Waals surface area contributed by atoms with Crippen molar-refractivity contribution in [2.75, 3.05) is 32.1 Å². The molecular weight excluding hydrogens is 363 g/mol. The molecule has 0 aliphatic carbocycles. The summed E-state index contributed by atoms with van der Waals surface area (Å²) in [6.45, 7) is 1.13. The highest BCUT2D eigenvalue weighted by molar-refractivity contribution is 5.91. The first-order valence-electron chi connectivity index (χ1n) is 8.47. The molecule has 1 saturated heterocycles. The number of nitrogens with one attached hydrogen (secondary N) is 2. The molecule has 0 saturated carbocycles. The summed E-state index contributed by atoms with van der Waals surface area (Å²) in [5, 5.41) is 14.3. The highest BCUT2D eigenvalue weighted by atomic mass is 19.1. The number of nitrogens with zero attached hydrogens (tertiary/aromatic N) is 2. The molecular formula is C16H23FN4O6. The average molecular weight is 386 g/mol. The first-order chi connectivity index (χ1) is 12.9. The number of rotatable bonds is 8. The van der Waals surface area contributed by atoms with Crippen molar-refractivity contribution in [2.24, 2.45) is 5.92 Å². The minimum Gasteiger partial charge on any atom is -0.456 e. The van der Waals surface area contributed by atoms with Gasteiger partial charge in [0.25, 0.3) is 5.91 Å². The van der Waals surface area contributed by atoms with Crippen LogP contribution in [0.15, 0.2) is 17.1 Å². The van der Waals surface area contributed by atoms with Gasteiger partial charge >= 0.3 is 11.7 Å². The maximum absolute atomic E-state index is 14.3. The topological polar surface area (TPSA) is 132 Å². The number of alkyl halides is 1. The van der Waals surface area contributed by atoms with Crippen molar-refractivity contribution >= 4 is 17.7 Å². The highest BCUT2D eigenvalue weighted by Gasteiger charge is 2.43. The third-order valence-corrected chi connectivity index (χ3v) is 4.17. The molecule has 27 heavy (non-hydrogen) atoms. The Morgan fingerprint density at radius 1 is 1.48 bits per heavy atom. The number of anilines is 1. The van der Waals surface area contributed by atoms with Gasteiger partial charge in [0.2, 0.25) is 0 Å². The lowest BCUT2D eigenvalue weighted by atomic mass is 10.0. The number of ether oxygens (including phenoxy) is 2. The molecule has 2 rings (SSSR count). The van der Waals surface area contributed by atoms with Crippen LogP contribution in [0.5, 0.6) is 0 Å². The zero-order chi connectivity index (χ0) is 20.0. The van der Waals surface area contributed by atoms with Gasteiger partial charge in [-0.2, -0.15) is 4.98 Å². The summed E-state index contributed by atoms with van der Waals surface area (Å²) in [6, 6.07) is 1.30. The lowest BCUT2D eigenvalue weighted by Gasteiger charge is -2.16. The van der Waals surface area contributed by atoms with Gasteiger partial charge in [-0.3, -0.25) is 14.2 Å². The monoisotopic (exact) mass is 386 g/mol. The molecule has 11 heteroatoms. The molecule has 4 atom stereocenters. The van der Waals surface area contributed by atoms with Crippen LogP contribution in [0.25, 0.3) is 0 Å². The van der Waals surface area contributed by atoms with Gasteiger partial charge in [0.15, 0.2) is 19.0 Å². The van der Waals surface area contributed by atoms with E-state index in [1.807, 2.05) is 0 Å². The third-order valence-electron chi connectivity index (χ3n) is 4.17. The van der Waals surface area contributed by atoms with Crippen molar-refractivity contribution in [1.82, 2.24) is 14.9 Å². The van der Waals surface area contributed by atoms with Crippen LogP contribution >= 0.6 is 0 Å². The fraction of sp³-hybridized carbons (Fsp3) is 0.625. The summed E-state index contributed by atoms with van der Waals surface area (Å²) >= 11 is 0. The molecule has 3 N–H and O–H groups in total. The van der Waals surface area contributed by atoms with E-state index in [0.717, 1.165) is 4.57 Å². The second-order valence-corrected chi connectivity index (χ2v) is 6.12. The van der Waals surface area contributed by atoms with E-state index in [-0.39, 0.29) is 18.8 Å².